The Morgan fingerprint density at radius 2 is 1.94 bits per heavy atom. The molecule has 1 aromatic heterocycles. The van der Waals surface area contributed by atoms with Crippen LogP contribution in [-0.2, 0) is 33.8 Å². The lowest BCUT2D eigenvalue weighted by atomic mass is 9.73. The van der Waals surface area contributed by atoms with Gasteiger partial charge in [0.1, 0.15) is 6.04 Å². The van der Waals surface area contributed by atoms with E-state index in [2.05, 4.69) is 27.9 Å². The Bertz CT molecular complexity index is 1040. The molecule has 3 amide bonds. The van der Waals surface area contributed by atoms with Crippen LogP contribution in [0.4, 0.5) is 0 Å². The second kappa shape index (κ2) is 12.4. The summed E-state index contributed by atoms with van der Waals surface area (Å²) >= 11 is 1.76. The van der Waals surface area contributed by atoms with Gasteiger partial charge in [0, 0.05) is 57.4 Å². The number of aromatic nitrogens is 3. The van der Waals surface area contributed by atoms with Crippen molar-refractivity contribution in [2.24, 2.45) is 5.41 Å². The Labute approximate surface area is 216 Å². The van der Waals surface area contributed by atoms with Crippen molar-refractivity contribution < 1.29 is 14.4 Å². The summed E-state index contributed by atoms with van der Waals surface area (Å²) in [6, 6.07) is 9.07. The summed E-state index contributed by atoms with van der Waals surface area (Å²) in [6.45, 7) is 4.27. The number of nitrogens with one attached hydrogen (secondary N) is 2. The van der Waals surface area contributed by atoms with Crippen LogP contribution in [0.1, 0.15) is 43.9 Å². The van der Waals surface area contributed by atoms with Crippen LogP contribution >= 0.6 is 11.8 Å². The molecule has 10 heteroatoms. The molecule has 0 radical (unpaired) electrons. The Morgan fingerprint density at radius 1 is 1.17 bits per heavy atom. The highest BCUT2D eigenvalue weighted by Crippen LogP contribution is 2.36. The summed E-state index contributed by atoms with van der Waals surface area (Å²) in [5.74, 6) is 1.62. The van der Waals surface area contributed by atoms with Crippen LogP contribution in [0.5, 0.6) is 0 Å². The molecule has 3 heterocycles. The molecule has 2 N–H and O–H groups in total. The molecule has 1 saturated heterocycles. The van der Waals surface area contributed by atoms with Crippen molar-refractivity contribution in [2.75, 3.05) is 31.1 Å². The number of carbonyl (C=O) groups excluding carboxylic acids is 3. The maximum Gasteiger partial charge on any atom is 0.242 e. The van der Waals surface area contributed by atoms with Crippen molar-refractivity contribution in [3.8, 4) is 0 Å². The van der Waals surface area contributed by atoms with Gasteiger partial charge in [0.05, 0.1) is 11.1 Å². The van der Waals surface area contributed by atoms with E-state index in [1.807, 2.05) is 41.4 Å². The number of piperidine rings is 1. The fourth-order valence-corrected chi connectivity index (χ4v) is 5.56. The first-order valence-electron chi connectivity index (χ1n) is 12.9. The van der Waals surface area contributed by atoms with Gasteiger partial charge >= 0.3 is 0 Å². The van der Waals surface area contributed by atoms with E-state index < -0.39 is 11.5 Å². The maximum atomic E-state index is 13.9. The zero-order valence-corrected chi connectivity index (χ0v) is 21.8. The molecule has 9 nitrogen and oxygen atoms in total. The van der Waals surface area contributed by atoms with Crippen molar-refractivity contribution in [1.82, 2.24) is 30.5 Å². The molecule has 1 fully saturated rings. The largest absolute Gasteiger partial charge is 0.354 e. The summed E-state index contributed by atoms with van der Waals surface area (Å²) in [7, 11) is 0. The molecule has 0 saturated carbocycles. The quantitative estimate of drug-likeness (QED) is 0.572. The van der Waals surface area contributed by atoms with E-state index in [9.17, 15) is 14.4 Å². The van der Waals surface area contributed by atoms with Crippen molar-refractivity contribution in [2.45, 2.75) is 58.0 Å². The number of thioether (sulfide) groups is 1. The zero-order chi connectivity index (χ0) is 25.4. The lowest BCUT2D eigenvalue weighted by Crippen LogP contribution is -2.56. The summed E-state index contributed by atoms with van der Waals surface area (Å²) < 4.78 is 1.77. The van der Waals surface area contributed by atoms with Gasteiger partial charge in [-0.2, -0.15) is 11.8 Å². The lowest BCUT2D eigenvalue weighted by molar-refractivity contribution is -0.142. The molecule has 1 atom stereocenters. The van der Waals surface area contributed by atoms with E-state index in [1.54, 1.807) is 16.4 Å². The second-order valence-corrected chi connectivity index (χ2v) is 11.0. The first-order chi connectivity index (χ1) is 17.5. The highest BCUT2D eigenvalue weighted by molar-refractivity contribution is 7.99. The Kier molecular flexibility index (Phi) is 9.01. The van der Waals surface area contributed by atoms with Gasteiger partial charge in [-0.15, -0.1) is 5.10 Å². The third-order valence-corrected chi connectivity index (χ3v) is 7.99. The monoisotopic (exact) mass is 512 g/mol. The summed E-state index contributed by atoms with van der Waals surface area (Å²) in [5.41, 5.74) is 1.00. The number of carbonyl (C=O) groups is 3. The summed E-state index contributed by atoms with van der Waals surface area (Å²) in [4.78, 5) is 41.6. The van der Waals surface area contributed by atoms with Crippen LogP contribution in [-0.4, -0.2) is 74.8 Å². The van der Waals surface area contributed by atoms with Gasteiger partial charge in [-0.1, -0.05) is 42.5 Å². The van der Waals surface area contributed by atoms with Gasteiger partial charge in [0.25, 0.3) is 0 Å². The fourth-order valence-electron chi connectivity index (χ4n) is 4.95. The molecular weight excluding hydrogens is 476 g/mol. The zero-order valence-electron chi connectivity index (χ0n) is 20.9. The van der Waals surface area contributed by atoms with E-state index in [1.165, 1.54) is 0 Å². The predicted octanol–water partition coefficient (Wildman–Crippen LogP) is 1.82. The number of nitrogens with zero attached hydrogens (tertiary/aromatic N) is 4. The molecule has 0 aliphatic carbocycles. The molecule has 194 valence electrons. The number of fused-ring (bicyclic) bond motifs is 2. The normalized spacial score (nSPS) is 20.6. The maximum absolute atomic E-state index is 13.9. The average molecular weight is 513 g/mol. The number of likely N-dealkylation sites (tertiary alicyclic amines) is 1. The van der Waals surface area contributed by atoms with E-state index in [0.717, 1.165) is 29.2 Å². The highest BCUT2D eigenvalue weighted by Gasteiger charge is 2.44. The van der Waals surface area contributed by atoms with Crippen LogP contribution in [0.15, 0.2) is 36.5 Å². The van der Waals surface area contributed by atoms with Crippen molar-refractivity contribution in [3.05, 3.63) is 47.8 Å². The van der Waals surface area contributed by atoms with Crippen LogP contribution < -0.4 is 10.6 Å². The molecule has 1 aromatic carbocycles. The minimum absolute atomic E-state index is 0.142. The third-order valence-electron chi connectivity index (χ3n) is 7.09. The van der Waals surface area contributed by atoms with Gasteiger partial charge in [-0.25, -0.2) is 0 Å². The third kappa shape index (κ3) is 6.66. The van der Waals surface area contributed by atoms with Gasteiger partial charge in [-0.05, 0) is 30.6 Å². The van der Waals surface area contributed by atoms with E-state index in [-0.39, 0.29) is 17.7 Å². The molecule has 2 aliphatic heterocycles. The smallest absolute Gasteiger partial charge is 0.242 e. The topological polar surface area (TPSA) is 109 Å². The molecule has 2 bridgehead atoms. The molecule has 1 spiro atoms. The molecule has 0 unspecified atom stereocenters. The lowest BCUT2D eigenvalue weighted by Gasteiger charge is -2.41. The number of benzene rings is 1. The number of amides is 3. The van der Waals surface area contributed by atoms with Crippen LogP contribution in [0.25, 0.3) is 0 Å². The van der Waals surface area contributed by atoms with E-state index in [4.69, 9.17) is 0 Å². The van der Waals surface area contributed by atoms with Gasteiger partial charge < -0.3 is 15.5 Å². The van der Waals surface area contributed by atoms with Crippen molar-refractivity contribution >= 4 is 29.5 Å². The number of rotatable bonds is 6. The van der Waals surface area contributed by atoms with Crippen LogP contribution in [0, 0.1) is 5.41 Å². The van der Waals surface area contributed by atoms with Gasteiger partial charge in [0.2, 0.25) is 17.7 Å². The van der Waals surface area contributed by atoms with E-state index in [0.29, 0.717) is 58.3 Å². The SMILES string of the molecule is CCSCCC(=O)N1CCC2(CC1)Cc1cn(nn1)CCCNC(=O)[C@H](Cc1ccccc1)NC2=O. The first kappa shape index (κ1) is 26.2. The Hall–Kier alpha value is -2.88. The Morgan fingerprint density at radius 3 is 2.69 bits per heavy atom. The average Bonchev–Trinajstić information content (AvgIpc) is 3.33. The first-order valence-corrected chi connectivity index (χ1v) is 14.0. The number of hydrogen-bond donors (Lipinski definition) is 2. The Balaban J connectivity index is 1.54. The van der Waals surface area contributed by atoms with Gasteiger partial charge in [-0.3, -0.25) is 19.1 Å². The second-order valence-electron chi connectivity index (χ2n) is 9.62. The predicted molar refractivity (Wildman–Crippen MR) is 139 cm³/mol. The highest BCUT2D eigenvalue weighted by atomic mass is 32.2. The minimum atomic E-state index is -0.751. The van der Waals surface area contributed by atoms with Crippen molar-refractivity contribution in [1.29, 1.82) is 0 Å². The minimum Gasteiger partial charge on any atom is -0.354 e. The van der Waals surface area contributed by atoms with Gasteiger partial charge in [0.15, 0.2) is 0 Å². The summed E-state index contributed by atoms with van der Waals surface area (Å²) in [5, 5.41) is 14.6. The van der Waals surface area contributed by atoms with Crippen molar-refractivity contribution in [3.63, 3.8) is 0 Å². The fraction of sp³-hybridized carbons (Fsp3) is 0.577. The number of aryl methyl sites for hydroxylation is 1. The van der Waals surface area contributed by atoms with Crippen LogP contribution in [0.3, 0.4) is 0 Å². The molecule has 36 heavy (non-hydrogen) atoms. The number of hydrogen-bond acceptors (Lipinski definition) is 6. The molecule has 2 aromatic rings. The van der Waals surface area contributed by atoms with Crippen LogP contribution in [0.2, 0.25) is 0 Å². The van der Waals surface area contributed by atoms with E-state index >= 15 is 0 Å². The summed E-state index contributed by atoms with van der Waals surface area (Å²) in [6.07, 6.45) is 5.05. The molecule has 2 aliphatic rings. The molecule has 4 rings (SSSR count). The molecular formula is C26H36N6O3S. The standard InChI is InChI=1S/C26H36N6O3S/c1-2-36-16-9-23(33)31-14-10-26(11-15-31)18-21-19-32(30-29-21)13-6-12-27-24(34)22(28-25(26)35)17-20-7-4-3-5-8-20/h3-5,7-8,19,22H,2,6,9-18H2,1H3,(H,27,34)(H,28,35)/t22-/m0/s1.